The summed E-state index contributed by atoms with van der Waals surface area (Å²) >= 11 is 0. The number of hydrogen-bond donors (Lipinski definition) is 0. The van der Waals surface area contributed by atoms with Crippen LogP contribution in [0.2, 0.25) is 0 Å². The summed E-state index contributed by atoms with van der Waals surface area (Å²) in [6.07, 6.45) is 3.08. The van der Waals surface area contributed by atoms with Crippen molar-refractivity contribution in [3.05, 3.63) is 18.5 Å². The van der Waals surface area contributed by atoms with Crippen LogP contribution in [0, 0.1) is 0 Å². The molecule has 2 heterocycles. The van der Waals surface area contributed by atoms with E-state index in [2.05, 4.69) is 25.6 Å². The van der Waals surface area contributed by atoms with Crippen LogP contribution in [-0.4, -0.2) is 25.6 Å². The van der Waals surface area contributed by atoms with Gasteiger partial charge in [0.25, 0.3) is 0 Å². The Balaban J connectivity index is 2.74. The summed E-state index contributed by atoms with van der Waals surface area (Å²) in [5, 5.41) is 18.2. The first-order valence-corrected chi connectivity index (χ1v) is 2.72. The lowest BCUT2D eigenvalue weighted by atomic mass is 10.3. The van der Waals surface area contributed by atoms with Crippen molar-refractivity contribution in [2.45, 2.75) is 0 Å². The molecule has 2 aliphatic rings. The highest BCUT2D eigenvalue weighted by molar-refractivity contribution is 5.51. The number of fused-ring (bicyclic) bond motifs is 1. The number of rotatable bonds is 0. The van der Waals surface area contributed by atoms with Crippen molar-refractivity contribution >= 4 is 0 Å². The second-order valence-corrected chi connectivity index (χ2v) is 1.74. The molecular formula is C5H3N5. The molecule has 0 radical (unpaired) electrons. The van der Waals surface area contributed by atoms with Gasteiger partial charge in [0.1, 0.15) is 11.4 Å². The summed E-state index contributed by atoms with van der Waals surface area (Å²) in [5.74, 6) is 0. The van der Waals surface area contributed by atoms with E-state index in [4.69, 9.17) is 0 Å². The van der Waals surface area contributed by atoms with Gasteiger partial charge < -0.3 is 0 Å². The Morgan fingerprint density at radius 1 is 1.00 bits per heavy atom. The minimum absolute atomic E-state index is 0.664. The third-order valence-electron chi connectivity index (χ3n) is 1.11. The summed E-state index contributed by atoms with van der Waals surface area (Å²) < 4.78 is 0. The molecule has 10 heavy (non-hydrogen) atoms. The van der Waals surface area contributed by atoms with Crippen LogP contribution in [0.4, 0.5) is 0 Å². The van der Waals surface area contributed by atoms with Gasteiger partial charge in [0.15, 0.2) is 0 Å². The van der Waals surface area contributed by atoms with Crippen LogP contribution in [0.25, 0.3) is 11.4 Å². The second kappa shape index (κ2) is 1.94. The van der Waals surface area contributed by atoms with Gasteiger partial charge in [0.05, 0.1) is 12.4 Å². The first kappa shape index (κ1) is 5.16. The fourth-order valence-electron chi connectivity index (χ4n) is 0.667. The maximum atomic E-state index is 3.77. The molecule has 0 unspecified atom stereocenters. The Kier molecular flexibility index (Phi) is 1.00. The third kappa shape index (κ3) is 0.680. The summed E-state index contributed by atoms with van der Waals surface area (Å²) in [4.78, 5) is 0. The highest BCUT2D eigenvalue weighted by Gasteiger charge is 2.02. The second-order valence-electron chi connectivity index (χ2n) is 1.74. The molecule has 0 atom stereocenters. The van der Waals surface area contributed by atoms with Crippen molar-refractivity contribution in [3.63, 3.8) is 0 Å². The minimum Gasteiger partial charge on any atom is -0.156 e. The highest BCUT2D eigenvalue weighted by atomic mass is 15.3. The van der Waals surface area contributed by atoms with Gasteiger partial charge in [-0.2, -0.15) is 5.10 Å². The monoisotopic (exact) mass is 133 g/mol. The van der Waals surface area contributed by atoms with Crippen LogP contribution < -0.4 is 0 Å². The molecule has 0 aromatic rings. The van der Waals surface area contributed by atoms with Gasteiger partial charge in [-0.1, -0.05) is 0 Å². The van der Waals surface area contributed by atoms with Crippen molar-refractivity contribution in [1.29, 1.82) is 0 Å². The van der Waals surface area contributed by atoms with Crippen LogP contribution in [0.15, 0.2) is 18.5 Å². The van der Waals surface area contributed by atoms with E-state index in [9.17, 15) is 0 Å². The lowest BCUT2D eigenvalue weighted by Crippen LogP contribution is -1.77. The molecule has 0 fully saturated rings. The van der Waals surface area contributed by atoms with Gasteiger partial charge in [0, 0.05) is 0 Å². The molecule has 2 rings (SSSR count). The molecule has 0 N–H and O–H groups in total. The van der Waals surface area contributed by atoms with Gasteiger partial charge >= 0.3 is 0 Å². The average molecular weight is 133 g/mol. The van der Waals surface area contributed by atoms with Gasteiger partial charge in [-0.15, -0.1) is 15.3 Å². The lowest BCUT2D eigenvalue weighted by Gasteiger charge is -1.77. The summed E-state index contributed by atoms with van der Waals surface area (Å²) in [6, 6.07) is 1.71. The first-order chi connectivity index (χ1) is 4.97. The molecule has 0 amide bonds. The third-order valence-corrected chi connectivity index (χ3v) is 1.11. The first-order valence-electron chi connectivity index (χ1n) is 2.72. The van der Waals surface area contributed by atoms with Gasteiger partial charge in [-0.3, -0.25) is 0 Å². The number of hydrogen-bond acceptors (Lipinski definition) is 5. The predicted molar refractivity (Wildman–Crippen MR) is 32.0 cm³/mol. The van der Waals surface area contributed by atoms with Crippen LogP contribution in [-0.2, 0) is 0 Å². The Labute approximate surface area is 56.5 Å². The molecule has 2 aliphatic heterocycles. The van der Waals surface area contributed by atoms with Crippen LogP contribution in [0.1, 0.15) is 0 Å². The summed E-state index contributed by atoms with van der Waals surface area (Å²) in [6.45, 7) is 0. The normalized spacial score (nSPS) is 10.0. The van der Waals surface area contributed by atoms with E-state index in [1.165, 1.54) is 6.20 Å². The largest absolute Gasteiger partial charge is 0.156 e. The number of nitrogens with zero attached hydrogens (tertiary/aromatic N) is 5. The van der Waals surface area contributed by atoms with E-state index in [1.54, 1.807) is 12.3 Å². The molecule has 0 aromatic carbocycles. The van der Waals surface area contributed by atoms with Crippen LogP contribution in [0.5, 0.6) is 0 Å². The minimum atomic E-state index is 0.664. The molecule has 0 aromatic heterocycles. The molecule has 48 valence electrons. The summed E-state index contributed by atoms with van der Waals surface area (Å²) in [7, 11) is 0. The van der Waals surface area contributed by atoms with Crippen molar-refractivity contribution in [2.24, 2.45) is 0 Å². The van der Waals surface area contributed by atoms with Crippen molar-refractivity contribution in [1.82, 2.24) is 25.6 Å². The maximum Gasteiger partial charge on any atom is 0.135 e. The summed E-state index contributed by atoms with van der Waals surface area (Å²) in [5.41, 5.74) is 1.38. The van der Waals surface area contributed by atoms with Crippen LogP contribution >= 0.6 is 0 Å². The maximum absolute atomic E-state index is 3.77. The molecular weight excluding hydrogens is 130 g/mol. The number of aromatic nitrogens is 5. The molecule has 5 nitrogen and oxygen atoms in total. The Morgan fingerprint density at radius 3 is 3.00 bits per heavy atom. The SMILES string of the molecule is c1cc2nncc-2nnn1. The van der Waals surface area contributed by atoms with E-state index >= 15 is 0 Å². The Hall–Kier alpha value is -1.65. The Morgan fingerprint density at radius 2 is 2.00 bits per heavy atom. The van der Waals surface area contributed by atoms with E-state index in [0.717, 1.165) is 0 Å². The van der Waals surface area contributed by atoms with E-state index < -0.39 is 0 Å². The zero-order valence-corrected chi connectivity index (χ0v) is 4.97. The fraction of sp³-hybridized carbons (Fsp3) is 0. The lowest BCUT2D eigenvalue weighted by molar-refractivity contribution is 0.896. The van der Waals surface area contributed by atoms with Crippen LogP contribution in [0.3, 0.4) is 0 Å². The zero-order chi connectivity index (χ0) is 6.81. The fourth-order valence-corrected chi connectivity index (χ4v) is 0.667. The van der Waals surface area contributed by atoms with Gasteiger partial charge in [0.2, 0.25) is 0 Å². The topological polar surface area (TPSA) is 64.5 Å². The average Bonchev–Trinajstić information content (AvgIpc) is 2.28. The molecule has 0 bridgehead atoms. The highest BCUT2D eigenvalue weighted by Crippen LogP contribution is 2.09. The van der Waals surface area contributed by atoms with Crippen molar-refractivity contribution in [2.75, 3.05) is 0 Å². The molecule has 0 saturated carbocycles. The van der Waals surface area contributed by atoms with Crippen molar-refractivity contribution < 1.29 is 0 Å². The van der Waals surface area contributed by atoms with E-state index in [0.29, 0.717) is 11.4 Å². The smallest absolute Gasteiger partial charge is 0.135 e. The quantitative estimate of drug-likeness (QED) is 0.496. The molecule has 5 heteroatoms. The molecule has 0 saturated heterocycles. The Bertz CT molecular complexity index is 281. The van der Waals surface area contributed by atoms with E-state index in [-0.39, 0.29) is 0 Å². The molecule has 0 aliphatic carbocycles. The van der Waals surface area contributed by atoms with Crippen molar-refractivity contribution in [3.8, 4) is 11.4 Å². The zero-order valence-electron chi connectivity index (χ0n) is 4.97. The van der Waals surface area contributed by atoms with E-state index in [1.807, 2.05) is 0 Å². The standard InChI is InChI=1S/C5H3N5/c1-2-6-10-9-5-3-7-8-4(1)5/h1-3H. The van der Waals surface area contributed by atoms with Gasteiger partial charge in [-0.05, 0) is 11.3 Å². The molecule has 0 spiro atoms. The predicted octanol–water partition coefficient (Wildman–Crippen LogP) is -0.234. The van der Waals surface area contributed by atoms with Gasteiger partial charge in [-0.25, -0.2) is 0 Å².